The van der Waals surface area contributed by atoms with Crippen molar-refractivity contribution in [2.45, 2.75) is 33.1 Å². The fourth-order valence-electron chi connectivity index (χ4n) is 2.31. The predicted molar refractivity (Wildman–Crippen MR) is 92.0 cm³/mol. The fourth-order valence-corrected chi connectivity index (χ4v) is 2.31. The SMILES string of the molecule is Cc1ccc(C(C)(C)C)c(OCCOc2ccc(C#N)cc2)c1. The van der Waals surface area contributed by atoms with Gasteiger partial charge < -0.3 is 9.47 Å². The lowest BCUT2D eigenvalue weighted by Gasteiger charge is -2.23. The van der Waals surface area contributed by atoms with E-state index in [-0.39, 0.29) is 5.41 Å². The Kier molecular flexibility index (Phi) is 5.28. The summed E-state index contributed by atoms with van der Waals surface area (Å²) < 4.78 is 11.6. The number of nitrogens with zero attached hydrogens (tertiary/aromatic N) is 1. The first-order chi connectivity index (χ1) is 10.9. The molecular formula is C20H23NO2. The Morgan fingerprint density at radius 3 is 2.22 bits per heavy atom. The molecule has 0 bridgehead atoms. The van der Waals surface area contributed by atoms with Gasteiger partial charge in [-0.15, -0.1) is 0 Å². The molecule has 0 fully saturated rings. The van der Waals surface area contributed by atoms with Gasteiger partial charge in [0.15, 0.2) is 0 Å². The summed E-state index contributed by atoms with van der Waals surface area (Å²) in [6, 6.07) is 15.5. The zero-order valence-electron chi connectivity index (χ0n) is 14.2. The fraction of sp³-hybridized carbons (Fsp3) is 0.350. The molecule has 2 rings (SSSR count). The van der Waals surface area contributed by atoms with Crippen LogP contribution in [0, 0.1) is 18.3 Å². The van der Waals surface area contributed by atoms with Crippen LogP contribution in [-0.4, -0.2) is 13.2 Å². The molecule has 0 unspecified atom stereocenters. The average Bonchev–Trinajstić information content (AvgIpc) is 2.51. The minimum absolute atomic E-state index is 0.0387. The molecule has 2 aromatic rings. The van der Waals surface area contributed by atoms with Crippen LogP contribution in [0.1, 0.15) is 37.5 Å². The Morgan fingerprint density at radius 1 is 0.957 bits per heavy atom. The summed E-state index contributed by atoms with van der Waals surface area (Å²) in [6.45, 7) is 9.54. The van der Waals surface area contributed by atoms with Crippen molar-refractivity contribution in [3.63, 3.8) is 0 Å². The van der Waals surface area contributed by atoms with Gasteiger partial charge in [0, 0.05) is 0 Å². The van der Waals surface area contributed by atoms with Gasteiger partial charge in [-0.05, 0) is 53.8 Å². The van der Waals surface area contributed by atoms with E-state index in [4.69, 9.17) is 14.7 Å². The molecule has 3 heteroatoms. The van der Waals surface area contributed by atoms with E-state index in [1.54, 1.807) is 24.3 Å². The largest absolute Gasteiger partial charge is 0.490 e. The molecule has 0 radical (unpaired) electrons. The molecule has 0 saturated heterocycles. The third-order valence-electron chi connectivity index (χ3n) is 3.54. The molecule has 0 saturated carbocycles. The van der Waals surface area contributed by atoms with Crippen molar-refractivity contribution in [1.82, 2.24) is 0 Å². The van der Waals surface area contributed by atoms with Gasteiger partial charge in [-0.2, -0.15) is 5.26 Å². The lowest BCUT2D eigenvalue weighted by Crippen LogP contribution is -2.16. The number of aryl methyl sites for hydroxylation is 1. The minimum atomic E-state index is 0.0387. The first-order valence-corrected chi connectivity index (χ1v) is 7.77. The minimum Gasteiger partial charge on any atom is -0.490 e. The van der Waals surface area contributed by atoms with Crippen LogP contribution in [0.3, 0.4) is 0 Å². The van der Waals surface area contributed by atoms with Crippen molar-refractivity contribution in [2.75, 3.05) is 13.2 Å². The maximum absolute atomic E-state index is 8.77. The van der Waals surface area contributed by atoms with E-state index in [1.807, 2.05) is 0 Å². The first-order valence-electron chi connectivity index (χ1n) is 7.77. The van der Waals surface area contributed by atoms with E-state index in [1.165, 1.54) is 11.1 Å². The van der Waals surface area contributed by atoms with E-state index in [9.17, 15) is 0 Å². The smallest absolute Gasteiger partial charge is 0.123 e. The number of nitriles is 1. The van der Waals surface area contributed by atoms with Crippen LogP contribution in [0.15, 0.2) is 42.5 Å². The molecule has 0 aliphatic carbocycles. The summed E-state index contributed by atoms with van der Waals surface area (Å²) in [5, 5.41) is 8.77. The van der Waals surface area contributed by atoms with Crippen molar-refractivity contribution in [3.8, 4) is 17.6 Å². The van der Waals surface area contributed by atoms with Gasteiger partial charge in [-0.1, -0.05) is 32.9 Å². The highest BCUT2D eigenvalue weighted by atomic mass is 16.5. The summed E-state index contributed by atoms with van der Waals surface area (Å²) in [4.78, 5) is 0. The lowest BCUT2D eigenvalue weighted by molar-refractivity contribution is 0.214. The van der Waals surface area contributed by atoms with Gasteiger partial charge in [0.05, 0.1) is 11.6 Å². The number of hydrogen-bond acceptors (Lipinski definition) is 3. The average molecular weight is 309 g/mol. The van der Waals surface area contributed by atoms with E-state index in [0.29, 0.717) is 18.8 Å². The quantitative estimate of drug-likeness (QED) is 0.757. The molecule has 0 atom stereocenters. The number of ether oxygens (including phenoxy) is 2. The normalized spacial score (nSPS) is 10.9. The molecular weight excluding hydrogens is 286 g/mol. The Morgan fingerprint density at radius 2 is 1.61 bits per heavy atom. The molecule has 2 aromatic carbocycles. The van der Waals surface area contributed by atoms with E-state index < -0.39 is 0 Å². The van der Waals surface area contributed by atoms with Crippen LogP contribution in [0.25, 0.3) is 0 Å². The van der Waals surface area contributed by atoms with Gasteiger partial charge in [-0.3, -0.25) is 0 Å². The van der Waals surface area contributed by atoms with Crippen molar-refractivity contribution in [2.24, 2.45) is 0 Å². The number of benzene rings is 2. The van der Waals surface area contributed by atoms with E-state index >= 15 is 0 Å². The summed E-state index contributed by atoms with van der Waals surface area (Å²) in [5.41, 5.74) is 3.04. The van der Waals surface area contributed by atoms with Crippen LogP contribution in [-0.2, 0) is 5.41 Å². The second-order valence-corrected chi connectivity index (χ2v) is 6.58. The molecule has 0 aromatic heterocycles. The van der Waals surface area contributed by atoms with Gasteiger partial charge in [0.1, 0.15) is 24.7 Å². The number of hydrogen-bond donors (Lipinski definition) is 0. The summed E-state index contributed by atoms with van der Waals surface area (Å²) in [5.74, 6) is 1.66. The third-order valence-corrected chi connectivity index (χ3v) is 3.54. The monoisotopic (exact) mass is 309 g/mol. The maximum atomic E-state index is 8.77. The molecule has 0 aliphatic rings. The predicted octanol–water partition coefficient (Wildman–Crippen LogP) is 4.62. The Labute approximate surface area is 138 Å². The highest BCUT2D eigenvalue weighted by Gasteiger charge is 2.18. The topological polar surface area (TPSA) is 42.2 Å². The highest BCUT2D eigenvalue weighted by molar-refractivity contribution is 5.41. The highest BCUT2D eigenvalue weighted by Crippen LogP contribution is 2.32. The van der Waals surface area contributed by atoms with Crippen molar-refractivity contribution >= 4 is 0 Å². The molecule has 0 aliphatic heterocycles. The van der Waals surface area contributed by atoms with Gasteiger partial charge in [0.25, 0.3) is 0 Å². The van der Waals surface area contributed by atoms with Crippen LogP contribution < -0.4 is 9.47 Å². The van der Waals surface area contributed by atoms with Crippen molar-refractivity contribution in [1.29, 1.82) is 5.26 Å². The lowest BCUT2D eigenvalue weighted by atomic mass is 9.86. The molecule has 0 amide bonds. The van der Waals surface area contributed by atoms with Gasteiger partial charge >= 0.3 is 0 Å². The second-order valence-electron chi connectivity index (χ2n) is 6.58. The molecule has 0 N–H and O–H groups in total. The maximum Gasteiger partial charge on any atom is 0.123 e. The van der Waals surface area contributed by atoms with E-state index in [0.717, 1.165) is 11.5 Å². The zero-order chi connectivity index (χ0) is 16.9. The van der Waals surface area contributed by atoms with Gasteiger partial charge in [0.2, 0.25) is 0 Å². The Hall–Kier alpha value is -2.47. The van der Waals surface area contributed by atoms with Gasteiger partial charge in [-0.25, -0.2) is 0 Å². The molecule has 23 heavy (non-hydrogen) atoms. The van der Waals surface area contributed by atoms with Crippen molar-refractivity contribution in [3.05, 3.63) is 59.2 Å². The number of rotatable bonds is 5. The van der Waals surface area contributed by atoms with Crippen LogP contribution in [0.5, 0.6) is 11.5 Å². The first kappa shape index (κ1) is 16.9. The van der Waals surface area contributed by atoms with Crippen LogP contribution >= 0.6 is 0 Å². The Balaban J connectivity index is 1.93. The third kappa shape index (κ3) is 4.75. The standard InChI is InChI=1S/C20H23NO2/c1-15-5-10-18(20(2,3)4)19(13-15)23-12-11-22-17-8-6-16(14-21)7-9-17/h5-10,13H,11-12H2,1-4H3. The second kappa shape index (κ2) is 7.19. The molecule has 0 heterocycles. The van der Waals surface area contributed by atoms with Crippen molar-refractivity contribution < 1.29 is 9.47 Å². The van der Waals surface area contributed by atoms with E-state index in [2.05, 4.69) is 52.0 Å². The van der Waals surface area contributed by atoms with Crippen LogP contribution in [0.2, 0.25) is 0 Å². The van der Waals surface area contributed by atoms with Crippen LogP contribution in [0.4, 0.5) is 0 Å². The molecule has 3 nitrogen and oxygen atoms in total. The Bertz CT molecular complexity index is 691. The summed E-state index contributed by atoms with van der Waals surface area (Å²) >= 11 is 0. The molecule has 120 valence electrons. The molecule has 0 spiro atoms. The zero-order valence-corrected chi connectivity index (χ0v) is 14.2. The summed E-state index contributed by atoms with van der Waals surface area (Å²) in [7, 11) is 0. The summed E-state index contributed by atoms with van der Waals surface area (Å²) in [6.07, 6.45) is 0.